The van der Waals surface area contributed by atoms with E-state index in [1.54, 1.807) is 12.1 Å². The molecule has 0 aliphatic heterocycles. The Hall–Kier alpha value is -2.04. The van der Waals surface area contributed by atoms with E-state index in [-0.39, 0.29) is 29.1 Å². The average Bonchev–Trinajstić information content (AvgIpc) is 2.52. The quantitative estimate of drug-likeness (QED) is 0.667. The van der Waals surface area contributed by atoms with Crippen molar-refractivity contribution < 1.29 is 24.2 Å². The van der Waals surface area contributed by atoms with E-state index < -0.39 is 0 Å². The van der Waals surface area contributed by atoms with Crippen LogP contribution >= 0.6 is 0 Å². The van der Waals surface area contributed by atoms with Crippen LogP contribution in [-0.2, 0) is 9.53 Å². The summed E-state index contributed by atoms with van der Waals surface area (Å²) in [6, 6.07) is 4.74. The van der Waals surface area contributed by atoms with E-state index in [4.69, 9.17) is 9.47 Å². The number of hydrogen-bond acceptors (Lipinski definition) is 5. The Morgan fingerprint density at radius 3 is 2.95 bits per heavy atom. The molecule has 5 nitrogen and oxygen atoms in total. The predicted octanol–water partition coefficient (Wildman–Crippen LogP) is 2.56. The van der Waals surface area contributed by atoms with Gasteiger partial charge in [0, 0.05) is 0 Å². The molecule has 1 aromatic carbocycles. The summed E-state index contributed by atoms with van der Waals surface area (Å²) in [4.78, 5) is 22.6. The lowest BCUT2D eigenvalue weighted by Gasteiger charge is -2.27. The van der Waals surface area contributed by atoms with Crippen LogP contribution in [-0.4, -0.2) is 31.1 Å². The van der Waals surface area contributed by atoms with Gasteiger partial charge in [-0.3, -0.25) is 9.59 Å². The molecule has 1 saturated carbocycles. The van der Waals surface area contributed by atoms with Crippen LogP contribution in [0.5, 0.6) is 11.5 Å². The normalized spacial score (nSPS) is 21.6. The molecule has 1 fully saturated rings. The van der Waals surface area contributed by atoms with E-state index in [2.05, 4.69) is 0 Å². The van der Waals surface area contributed by atoms with Gasteiger partial charge in [0.05, 0.1) is 25.2 Å². The lowest BCUT2D eigenvalue weighted by molar-refractivity contribution is -0.147. The maximum Gasteiger partial charge on any atom is 0.308 e. The molecule has 0 amide bonds. The number of ether oxygens (including phenoxy) is 2. The summed E-state index contributed by atoms with van der Waals surface area (Å²) in [5.74, 6) is 0.325. The number of benzene rings is 1. The zero-order chi connectivity index (χ0) is 15.2. The lowest BCUT2D eigenvalue weighted by Crippen LogP contribution is -2.27. The Bertz CT molecular complexity index is 511. The molecule has 0 bridgehead atoms. The second-order valence-corrected chi connectivity index (χ2v) is 5.37. The molecular weight excluding hydrogens is 272 g/mol. The SMILES string of the molecule is COC(=O)[C@H]1CCC[C@@H](COc2cccc(O)c2C=O)C1. The van der Waals surface area contributed by atoms with E-state index in [1.807, 2.05) is 0 Å². The summed E-state index contributed by atoms with van der Waals surface area (Å²) in [7, 11) is 1.41. The van der Waals surface area contributed by atoms with Crippen LogP contribution < -0.4 is 4.74 Å². The highest BCUT2D eigenvalue weighted by Crippen LogP contribution is 2.31. The monoisotopic (exact) mass is 292 g/mol. The van der Waals surface area contributed by atoms with Crippen LogP contribution in [0.4, 0.5) is 0 Å². The van der Waals surface area contributed by atoms with Gasteiger partial charge >= 0.3 is 5.97 Å². The van der Waals surface area contributed by atoms with Gasteiger partial charge in [0.2, 0.25) is 0 Å². The van der Waals surface area contributed by atoms with Crippen molar-refractivity contribution in [1.82, 2.24) is 0 Å². The lowest BCUT2D eigenvalue weighted by atomic mass is 9.82. The summed E-state index contributed by atoms with van der Waals surface area (Å²) < 4.78 is 10.5. The number of phenols is 1. The Morgan fingerprint density at radius 2 is 2.24 bits per heavy atom. The van der Waals surface area contributed by atoms with Crippen LogP contribution in [0.3, 0.4) is 0 Å². The number of hydrogen-bond donors (Lipinski definition) is 1. The number of phenolic OH excluding ortho intramolecular Hbond substituents is 1. The first-order valence-electron chi connectivity index (χ1n) is 7.13. The fourth-order valence-electron chi connectivity index (χ4n) is 2.81. The van der Waals surface area contributed by atoms with Gasteiger partial charge in [0.25, 0.3) is 0 Å². The summed E-state index contributed by atoms with van der Waals surface area (Å²) in [6.07, 6.45) is 4.14. The van der Waals surface area contributed by atoms with Crippen molar-refractivity contribution in [2.24, 2.45) is 11.8 Å². The summed E-state index contributed by atoms with van der Waals surface area (Å²) in [5, 5.41) is 9.60. The van der Waals surface area contributed by atoms with E-state index in [0.29, 0.717) is 18.6 Å². The number of methoxy groups -OCH3 is 1. The van der Waals surface area contributed by atoms with Crippen molar-refractivity contribution in [2.75, 3.05) is 13.7 Å². The molecule has 2 atom stereocenters. The number of aromatic hydroxyl groups is 1. The van der Waals surface area contributed by atoms with Gasteiger partial charge in [0.15, 0.2) is 6.29 Å². The first kappa shape index (κ1) is 15.4. The van der Waals surface area contributed by atoms with E-state index in [1.165, 1.54) is 13.2 Å². The largest absolute Gasteiger partial charge is 0.507 e. The molecule has 1 N–H and O–H groups in total. The maximum atomic E-state index is 11.6. The minimum atomic E-state index is -0.161. The van der Waals surface area contributed by atoms with Gasteiger partial charge < -0.3 is 14.6 Å². The maximum absolute atomic E-state index is 11.6. The molecule has 1 aliphatic rings. The first-order chi connectivity index (χ1) is 10.2. The third-order valence-corrected chi connectivity index (χ3v) is 3.95. The van der Waals surface area contributed by atoms with Gasteiger partial charge in [-0.15, -0.1) is 0 Å². The summed E-state index contributed by atoms with van der Waals surface area (Å²) in [5.41, 5.74) is 0.165. The third kappa shape index (κ3) is 3.74. The van der Waals surface area contributed by atoms with Crippen LogP contribution in [0.15, 0.2) is 18.2 Å². The topological polar surface area (TPSA) is 72.8 Å². The van der Waals surface area contributed by atoms with E-state index >= 15 is 0 Å². The fraction of sp³-hybridized carbons (Fsp3) is 0.500. The van der Waals surface area contributed by atoms with Gasteiger partial charge in [-0.2, -0.15) is 0 Å². The number of carbonyl (C=O) groups is 2. The molecular formula is C16H20O5. The van der Waals surface area contributed by atoms with E-state index in [0.717, 1.165) is 25.7 Å². The van der Waals surface area contributed by atoms with Gasteiger partial charge in [-0.25, -0.2) is 0 Å². The molecule has 1 aliphatic carbocycles. The van der Waals surface area contributed by atoms with Crippen molar-refractivity contribution in [2.45, 2.75) is 25.7 Å². The Balaban J connectivity index is 1.95. The molecule has 0 unspecified atom stereocenters. The highest BCUT2D eigenvalue weighted by molar-refractivity contribution is 5.83. The average molecular weight is 292 g/mol. The smallest absolute Gasteiger partial charge is 0.308 e. The Kier molecular flexibility index (Phi) is 5.20. The number of esters is 1. The summed E-state index contributed by atoms with van der Waals surface area (Å²) in [6.45, 7) is 0.428. The number of carbonyl (C=O) groups excluding carboxylic acids is 2. The van der Waals surface area contributed by atoms with Crippen molar-refractivity contribution in [1.29, 1.82) is 0 Å². The molecule has 21 heavy (non-hydrogen) atoms. The zero-order valence-electron chi connectivity index (χ0n) is 12.1. The zero-order valence-corrected chi connectivity index (χ0v) is 12.1. The number of rotatable bonds is 5. The highest BCUT2D eigenvalue weighted by atomic mass is 16.5. The Labute approximate surface area is 123 Å². The van der Waals surface area contributed by atoms with Crippen molar-refractivity contribution in [3.63, 3.8) is 0 Å². The van der Waals surface area contributed by atoms with Gasteiger partial charge in [0.1, 0.15) is 11.5 Å². The third-order valence-electron chi connectivity index (χ3n) is 3.95. The molecule has 1 aromatic rings. The van der Waals surface area contributed by atoms with Gasteiger partial charge in [-0.1, -0.05) is 12.5 Å². The standard InChI is InChI=1S/C16H20O5/c1-20-16(19)12-5-2-4-11(8-12)10-21-15-7-3-6-14(18)13(15)9-17/h3,6-7,9,11-12,18H,2,4-5,8,10H2,1H3/t11-,12+/m1/s1. The fourth-order valence-corrected chi connectivity index (χ4v) is 2.81. The van der Waals surface area contributed by atoms with Crippen LogP contribution in [0.25, 0.3) is 0 Å². The molecule has 0 spiro atoms. The highest BCUT2D eigenvalue weighted by Gasteiger charge is 2.28. The Morgan fingerprint density at radius 1 is 1.43 bits per heavy atom. The predicted molar refractivity (Wildman–Crippen MR) is 76.5 cm³/mol. The molecule has 0 aromatic heterocycles. The van der Waals surface area contributed by atoms with E-state index in [9.17, 15) is 14.7 Å². The molecule has 2 rings (SSSR count). The second-order valence-electron chi connectivity index (χ2n) is 5.37. The van der Waals surface area contributed by atoms with Gasteiger partial charge in [-0.05, 0) is 37.3 Å². The molecule has 0 heterocycles. The molecule has 0 radical (unpaired) electrons. The van der Waals surface area contributed by atoms with Crippen molar-refractivity contribution in [3.05, 3.63) is 23.8 Å². The van der Waals surface area contributed by atoms with Crippen LogP contribution in [0.1, 0.15) is 36.0 Å². The molecule has 5 heteroatoms. The van der Waals surface area contributed by atoms with Crippen molar-refractivity contribution >= 4 is 12.3 Å². The number of aldehydes is 1. The summed E-state index contributed by atoms with van der Waals surface area (Å²) >= 11 is 0. The van der Waals surface area contributed by atoms with Crippen molar-refractivity contribution in [3.8, 4) is 11.5 Å². The van der Waals surface area contributed by atoms with Crippen LogP contribution in [0.2, 0.25) is 0 Å². The second kappa shape index (κ2) is 7.11. The molecule has 0 saturated heterocycles. The van der Waals surface area contributed by atoms with Crippen LogP contribution in [0, 0.1) is 11.8 Å². The first-order valence-corrected chi connectivity index (χ1v) is 7.13. The minimum Gasteiger partial charge on any atom is -0.507 e. The minimum absolute atomic E-state index is 0.0629. The molecule has 114 valence electrons.